The smallest absolute Gasteiger partial charge is 0.315 e. The lowest BCUT2D eigenvalue weighted by molar-refractivity contribution is -0.152. The molecular weight excluding hydrogens is 350 g/mol. The molecule has 146 valence electrons. The number of carboxylic acids is 1. The Morgan fingerprint density at radius 1 is 1.26 bits per heavy atom. The minimum absolute atomic E-state index is 0.00127. The molecule has 0 unspecified atom stereocenters. The Morgan fingerprint density at radius 2 is 2.00 bits per heavy atom. The first-order chi connectivity index (χ1) is 13.0. The fourth-order valence-electron chi connectivity index (χ4n) is 4.80. The molecule has 0 spiro atoms. The van der Waals surface area contributed by atoms with E-state index in [0.717, 1.165) is 5.56 Å². The summed E-state index contributed by atoms with van der Waals surface area (Å²) in [6.45, 7) is 0.544. The number of aliphatic hydroxyl groups is 1. The summed E-state index contributed by atoms with van der Waals surface area (Å²) in [6, 6.07) is 5.48. The number of fused-ring (bicyclic) bond motifs is 3. The predicted octanol–water partition coefficient (Wildman–Crippen LogP) is 1.64. The van der Waals surface area contributed by atoms with Crippen molar-refractivity contribution in [1.29, 1.82) is 0 Å². The number of carboxylic acid groups (broad SMARTS) is 1. The lowest BCUT2D eigenvalue weighted by atomic mass is 9.73. The molecule has 1 aromatic rings. The number of ether oxygens (including phenoxy) is 2. The average Bonchev–Trinajstić information content (AvgIpc) is 3.09. The molecule has 0 bridgehead atoms. The molecule has 7 heteroatoms. The molecule has 4 rings (SSSR count). The molecule has 2 N–H and O–H groups in total. The molecule has 7 nitrogen and oxygen atoms in total. The molecule has 27 heavy (non-hydrogen) atoms. The van der Waals surface area contributed by atoms with Crippen molar-refractivity contribution in [2.24, 2.45) is 11.3 Å². The highest BCUT2D eigenvalue weighted by Gasteiger charge is 2.58. The Kier molecular flexibility index (Phi) is 4.50. The summed E-state index contributed by atoms with van der Waals surface area (Å²) < 4.78 is 11.2. The largest absolute Gasteiger partial charge is 0.493 e. The normalized spacial score (nSPS) is 32.2. The van der Waals surface area contributed by atoms with Crippen LogP contribution >= 0.6 is 0 Å². The molecule has 0 radical (unpaired) electrons. The van der Waals surface area contributed by atoms with Gasteiger partial charge in [0.15, 0.2) is 11.5 Å². The Bertz CT molecular complexity index is 757. The number of para-hydroxylation sites is 1. The zero-order chi connectivity index (χ0) is 19.2. The Hall–Kier alpha value is -2.28. The number of rotatable bonds is 3. The zero-order valence-corrected chi connectivity index (χ0v) is 15.4. The van der Waals surface area contributed by atoms with E-state index in [-0.39, 0.29) is 37.0 Å². The van der Waals surface area contributed by atoms with Crippen molar-refractivity contribution in [2.45, 2.75) is 37.7 Å². The minimum Gasteiger partial charge on any atom is -0.493 e. The number of carbonyl (C=O) groups is 2. The fourth-order valence-corrected chi connectivity index (χ4v) is 4.80. The lowest BCUT2D eigenvalue weighted by Gasteiger charge is -2.36. The summed E-state index contributed by atoms with van der Waals surface area (Å²) in [5.41, 5.74) is -0.346. The molecular formula is C20H25NO6. The van der Waals surface area contributed by atoms with Gasteiger partial charge < -0.3 is 24.6 Å². The summed E-state index contributed by atoms with van der Waals surface area (Å²) in [7, 11) is 1.56. The van der Waals surface area contributed by atoms with E-state index >= 15 is 0 Å². The summed E-state index contributed by atoms with van der Waals surface area (Å²) >= 11 is 0. The first-order valence-corrected chi connectivity index (χ1v) is 9.46. The molecule has 2 fully saturated rings. The van der Waals surface area contributed by atoms with Crippen LogP contribution in [0.5, 0.6) is 11.5 Å². The number of hydrogen-bond acceptors (Lipinski definition) is 5. The molecule has 2 aliphatic heterocycles. The topological polar surface area (TPSA) is 96.3 Å². The van der Waals surface area contributed by atoms with Crippen LogP contribution < -0.4 is 9.47 Å². The van der Waals surface area contributed by atoms with Crippen LogP contribution in [0.3, 0.4) is 0 Å². The van der Waals surface area contributed by atoms with Gasteiger partial charge in [0.25, 0.3) is 0 Å². The third kappa shape index (κ3) is 2.84. The highest BCUT2D eigenvalue weighted by molar-refractivity contribution is 5.84. The van der Waals surface area contributed by atoms with Gasteiger partial charge in [-0.05, 0) is 31.7 Å². The summed E-state index contributed by atoms with van der Waals surface area (Å²) in [4.78, 5) is 27.0. The number of methoxy groups -OCH3 is 1. The second-order valence-corrected chi connectivity index (χ2v) is 7.91. The van der Waals surface area contributed by atoms with E-state index in [1.54, 1.807) is 18.1 Å². The van der Waals surface area contributed by atoms with Gasteiger partial charge in [-0.25, -0.2) is 0 Å². The maximum atomic E-state index is 13.0. The second kappa shape index (κ2) is 6.71. The van der Waals surface area contributed by atoms with Crippen molar-refractivity contribution in [3.63, 3.8) is 0 Å². The molecule has 1 amide bonds. The van der Waals surface area contributed by atoms with Crippen LogP contribution in [0.1, 0.15) is 37.2 Å². The van der Waals surface area contributed by atoms with E-state index in [1.165, 1.54) is 0 Å². The Labute approximate surface area is 157 Å². The van der Waals surface area contributed by atoms with E-state index in [4.69, 9.17) is 9.47 Å². The van der Waals surface area contributed by atoms with Crippen LogP contribution in [0.25, 0.3) is 0 Å². The van der Waals surface area contributed by atoms with E-state index < -0.39 is 11.4 Å². The number of nitrogens with zero attached hydrogens (tertiary/aromatic N) is 1. The summed E-state index contributed by atoms with van der Waals surface area (Å²) in [5, 5.41) is 19.7. The maximum Gasteiger partial charge on any atom is 0.315 e. The number of hydrogen-bond donors (Lipinski definition) is 2. The Morgan fingerprint density at radius 3 is 2.67 bits per heavy atom. The number of carbonyl (C=O) groups excluding carboxylic acids is 1. The Balaban J connectivity index is 1.63. The van der Waals surface area contributed by atoms with Crippen molar-refractivity contribution in [2.75, 3.05) is 26.8 Å². The quantitative estimate of drug-likeness (QED) is 0.834. The standard InChI is InChI=1S/C20H25NO6/c1-26-16-4-2-3-14-15-9-21(18(23)12-5-7-13(22)8-6-12)10-20(15,19(24)25)11-27-17(14)16/h2-4,12-13,15,22H,5-11H2,1H3,(H,24,25)/t12?,13?,15-,20-/m0/s1. The molecule has 1 aliphatic carbocycles. The van der Waals surface area contributed by atoms with Gasteiger partial charge in [-0.3, -0.25) is 9.59 Å². The van der Waals surface area contributed by atoms with E-state index in [0.29, 0.717) is 43.7 Å². The SMILES string of the molecule is COc1cccc2c1OC[C@@]1(C(=O)O)CN(C(=O)C3CCC(O)CC3)C[C@@H]21. The van der Waals surface area contributed by atoms with Crippen LogP contribution in [0.4, 0.5) is 0 Å². The first kappa shape index (κ1) is 18.1. The van der Waals surface area contributed by atoms with Gasteiger partial charge >= 0.3 is 5.97 Å². The third-order valence-corrected chi connectivity index (χ3v) is 6.41. The molecule has 1 aromatic carbocycles. The summed E-state index contributed by atoms with van der Waals surface area (Å²) in [5.74, 6) is -0.233. The average molecular weight is 375 g/mol. The van der Waals surface area contributed by atoms with Crippen molar-refractivity contribution < 1.29 is 29.3 Å². The highest BCUT2D eigenvalue weighted by Crippen LogP contribution is 2.52. The first-order valence-electron chi connectivity index (χ1n) is 9.46. The van der Waals surface area contributed by atoms with Crippen molar-refractivity contribution in [1.82, 2.24) is 4.90 Å². The van der Waals surface area contributed by atoms with Gasteiger partial charge in [0, 0.05) is 30.5 Å². The van der Waals surface area contributed by atoms with Crippen LogP contribution in [0.2, 0.25) is 0 Å². The molecule has 3 aliphatic rings. The number of likely N-dealkylation sites (tertiary alicyclic amines) is 1. The number of aliphatic hydroxyl groups excluding tert-OH is 1. The van der Waals surface area contributed by atoms with Crippen LogP contribution in [0.15, 0.2) is 18.2 Å². The highest BCUT2D eigenvalue weighted by atomic mass is 16.5. The molecule has 2 heterocycles. The van der Waals surface area contributed by atoms with E-state index in [2.05, 4.69) is 0 Å². The molecule has 2 atom stereocenters. The van der Waals surface area contributed by atoms with Gasteiger partial charge in [0.1, 0.15) is 12.0 Å². The van der Waals surface area contributed by atoms with Gasteiger partial charge in [0.05, 0.1) is 13.2 Å². The fraction of sp³-hybridized carbons (Fsp3) is 0.600. The predicted molar refractivity (Wildman–Crippen MR) is 95.8 cm³/mol. The maximum absolute atomic E-state index is 13.0. The zero-order valence-electron chi connectivity index (χ0n) is 15.4. The lowest BCUT2D eigenvalue weighted by Crippen LogP contribution is -2.46. The molecule has 1 saturated carbocycles. The number of benzene rings is 1. The second-order valence-electron chi connectivity index (χ2n) is 7.91. The third-order valence-electron chi connectivity index (χ3n) is 6.41. The minimum atomic E-state index is -1.14. The molecule has 1 saturated heterocycles. The van der Waals surface area contributed by atoms with Gasteiger partial charge in [0.2, 0.25) is 5.91 Å². The van der Waals surface area contributed by atoms with Crippen molar-refractivity contribution >= 4 is 11.9 Å². The van der Waals surface area contributed by atoms with E-state index in [1.807, 2.05) is 12.1 Å². The van der Waals surface area contributed by atoms with Crippen LogP contribution in [-0.2, 0) is 9.59 Å². The van der Waals surface area contributed by atoms with Crippen molar-refractivity contribution in [3.8, 4) is 11.5 Å². The monoisotopic (exact) mass is 375 g/mol. The van der Waals surface area contributed by atoms with Crippen LogP contribution in [-0.4, -0.2) is 59.9 Å². The van der Waals surface area contributed by atoms with Crippen LogP contribution in [0, 0.1) is 11.3 Å². The molecule has 0 aromatic heterocycles. The van der Waals surface area contributed by atoms with Gasteiger partial charge in [-0.15, -0.1) is 0 Å². The number of amides is 1. The summed E-state index contributed by atoms with van der Waals surface area (Å²) in [6.07, 6.45) is 2.24. The number of aliphatic carboxylic acids is 1. The van der Waals surface area contributed by atoms with E-state index in [9.17, 15) is 19.8 Å². The van der Waals surface area contributed by atoms with Gasteiger partial charge in [-0.1, -0.05) is 12.1 Å². The van der Waals surface area contributed by atoms with Crippen molar-refractivity contribution in [3.05, 3.63) is 23.8 Å². The van der Waals surface area contributed by atoms with Gasteiger partial charge in [-0.2, -0.15) is 0 Å².